The van der Waals surface area contributed by atoms with Crippen molar-refractivity contribution >= 4 is 45.7 Å². The van der Waals surface area contributed by atoms with Crippen molar-refractivity contribution in [3.63, 3.8) is 0 Å². The highest BCUT2D eigenvalue weighted by molar-refractivity contribution is 6.35. The average molecular weight is 710 g/mol. The van der Waals surface area contributed by atoms with Crippen molar-refractivity contribution in [3.05, 3.63) is 123 Å². The maximum Gasteiger partial charge on any atom is 0.267 e. The van der Waals surface area contributed by atoms with Gasteiger partial charge in [0.05, 0.1) is 33.8 Å². The summed E-state index contributed by atoms with van der Waals surface area (Å²) in [6.07, 6.45) is 8.89. The third kappa shape index (κ3) is 7.00. The molecule has 10 nitrogen and oxygen atoms in total. The molecule has 3 heterocycles. The van der Waals surface area contributed by atoms with Crippen molar-refractivity contribution in [2.24, 2.45) is 17.8 Å². The number of benzene rings is 3. The molecule has 0 bridgehead atoms. The van der Waals surface area contributed by atoms with Gasteiger partial charge in [0.15, 0.2) is 0 Å². The lowest BCUT2D eigenvalue weighted by Gasteiger charge is -2.37. The molecule has 3 unspecified atom stereocenters. The van der Waals surface area contributed by atoms with Gasteiger partial charge in [-0.2, -0.15) is 14.9 Å². The summed E-state index contributed by atoms with van der Waals surface area (Å²) in [5.74, 6) is 0.586. The molecular formula is C34H32Cl3FN8O2. The Labute approximate surface area is 290 Å². The fourth-order valence-corrected chi connectivity index (χ4v) is 7.21. The lowest BCUT2D eigenvalue weighted by Crippen LogP contribution is -2.46. The first-order valence-electron chi connectivity index (χ1n) is 15.4. The SMILES string of the molecule is CC(C)C1CCC(Cc2ccc(Cl)cc2)C1(O)Cn1cncn1.O=c1c2cc(F)ccc2nc(-n2cncn2)n1-c1ccc(Cl)cc1Cl. The van der Waals surface area contributed by atoms with E-state index in [0.717, 1.165) is 30.4 Å². The van der Waals surface area contributed by atoms with Crippen LogP contribution in [0.25, 0.3) is 22.5 Å². The standard InChI is InChI=1S/C18H24ClN3O.C16H8Cl2FN5O/c1-13(2)17-8-5-15(9-14-3-6-16(19)7-4-14)18(17,23)10-22-12-20-11-21-22;17-9-1-4-14(12(18)5-9)24-15(25)11-6-10(19)2-3-13(11)22-16(24)23-8-20-7-21-23/h3-4,6-7,11-13,15,17,23H,5,8-10H2,1-2H3;1-8H. The minimum Gasteiger partial charge on any atom is -0.387 e. The summed E-state index contributed by atoms with van der Waals surface area (Å²) in [6, 6.07) is 16.4. The van der Waals surface area contributed by atoms with Gasteiger partial charge >= 0.3 is 0 Å². The van der Waals surface area contributed by atoms with E-state index in [4.69, 9.17) is 34.8 Å². The molecule has 0 spiro atoms. The summed E-state index contributed by atoms with van der Waals surface area (Å²) in [6.45, 7) is 4.90. The van der Waals surface area contributed by atoms with Crippen LogP contribution in [0.4, 0.5) is 4.39 Å². The number of hydrogen-bond donors (Lipinski definition) is 1. The summed E-state index contributed by atoms with van der Waals surface area (Å²) in [5.41, 5.74) is 0.667. The van der Waals surface area contributed by atoms with Gasteiger partial charge in [-0.05, 0) is 91.1 Å². The fraction of sp³-hybridized carbons (Fsp3) is 0.294. The van der Waals surface area contributed by atoms with Gasteiger partial charge in [0.2, 0.25) is 5.95 Å². The van der Waals surface area contributed by atoms with Gasteiger partial charge in [0.25, 0.3) is 5.56 Å². The third-order valence-corrected chi connectivity index (χ3v) is 9.63. The zero-order valence-corrected chi connectivity index (χ0v) is 28.4. The minimum absolute atomic E-state index is 0.120. The topological polar surface area (TPSA) is 117 Å². The van der Waals surface area contributed by atoms with Crippen LogP contribution in [-0.4, -0.2) is 49.8 Å². The Bertz CT molecular complexity index is 2070. The Morgan fingerprint density at radius 1 is 0.938 bits per heavy atom. The first-order valence-corrected chi connectivity index (χ1v) is 16.5. The predicted molar refractivity (Wildman–Crippen MR) is 183 cm³/mol. The Hall–Kier alpha value is -4.16. The van der Waals surface area contributed by atoms with E-state index in [1.807, 2.05) is 12.1 Å². The third-order valence-electron chi connectivity index (χ3n) is 8.84. The minimum atomic E-state index is -0.749. The first-order chi connectivity index (χ1) is 23.0. The van der Waals surface area contributed by atoms with Crippen molar-refractivity contribution < 1.29 is 9.50 Å². The van der Waals surface area contributed by atoms with Crippen LogP contribution in [-0.2, 0) is 13.0 Å². The molecule has 6 aromatic rings. The molecule has 48 heavy (non-hydrogen) atoms. The van der Waals surface area contributed by atoms with Gasteiger partial charge in [0.1, 0.15) is 31.1 Å². The molecule has 0 amide bonds. The summed E-state index contributed by atoms with van der Waals surface area (Å²) in [5, 5.41) is 21.3. The number of fused-ring (bicyclic) bond motifs is 1. The Balaban J connectivity index is 0.000000168. The number of rotatable bonds is 7. The second kappa shape index (κ2) is 14.1. The second-order valence-electron chi connectivity index (χ2n) is 12.2. The van der Waals surface area contributed by atoms with E-state index in [1.54, 1.807) is 23.1 Å². The molecular weight excluding hydrogens is 678 g/mol. The van der Waals surface area contributed by atoms with E-state index in [-0.39, 0.29) is 28.2 Å². The van der Waals surface area contributed by atoms with Crippen molar-refractivity contribution in [1.82, 2.24) is 39.1 Å². The molecule has 7 rings (SSSR count). The van der Waals surface area contributed by atoms with E-state index >= 15 is 0 Å². The molecule has 3 aromatic carbocycles. The highest BCUT2D eigenvalue weighted by Gasteiger charge is 2.50. The largest absolute Gasteiger partial charge is 0.387 e. The van der Waals surface area contributed by atoms with Crippen LogP contribution < -0.4 is 5.56 Å². The Kier molecular flexibility index (Phi) is 9.93. The van der Waals surface area contributed by atoms with Gasteiger partial charge < -0.3 is 5.11 Å². The van der Waals surface area contributed by atoms with Gasteiger partial charge in [-0.15, -0.1) is 0 Å². The number of hydrogen-bond acceptors (Lipinski definition) is 7. The Morgan fingerprint density at radius 2 is 1.67 bits per heavy atom. The van der Waals surface area contributed by atoms with Crippen molar-refractivity contribution in [2.75, 3.05) is 0 Å². The molecule has 1 aliphatic rings. The second-order valence-corrected chi connectivity index (χ2v) is 13.5. The summed E-state index contributed by atoms with van der Waals surface area (Å²) < 4.78 is 17.9. The van der Waals surface area contributed by atoms with Crippen LogP contribution in [0.2, 0.25) is 15.1 Å². The fourth-order valence-electron chi connectivity index (χ4n) is 6.59. The molecule has 1 aliphatic carbocycles. The lowest BCUT2D eigenvalue weighted by molar-refractivity contribution is -0.0667. The summed E-state index contributed by atoms with van der Waals surface area (Å²) in [7, 11) is 0. The average Bonchev–Trinajstić information content (AvgIpc) is 3.83. The molecule has 3 aromatic heterocycles. The van der Waals surface area contributed by atoms with E-state index < -0.39 is 17.0 Å². The zero-order valence-electron chi connectivity index (χ0n) is 26.1. The monoisotopic (exact) mass is 708 g/mol. The Morgan fingerprint density at radius 3 is 2.33 bits per heavy atom. The highest BCUT2D eigenvalue weighted by atomic mass is 35.5. The van der Waals surface area contributed by atoms with Crippen LogP contribution >= 0.6 is 34.8 Å². The molecule has 1 N–H and O–H groups in total. The van der Waals surface area contributed by atoms with Crippen molar-refractivity contribution in [1.29, 1.82) is 0 Å². The molecule has 3 atom stereocenters. The summed E-state index contributed by atoms with van der Waals surface area (Å²) >= 11 is 18.2. The van der Waals surface area contributed by atoms with Crippen LogP contribution in [0.5, 0.6) is 0 Å². The highest BCUT2D eigenvalue weighted by Crippen LogP contribution is 2.46. The van der Waals surface area contributed by atoms with E-state index in [0.29, 0.717) is 28.7 Å². The zero-order chi connectivity index (χ0) is 34.0. The number of nitrogens with zero attached hydrogens (tertiary/aromatic N) is 8. The van der Waals surface area contributed by atoms with Crippen LogP contribution in [0.1, 0.15) is 32.3 Å². The van der Waals surface area contributed by atoms with Gasteiger partial charge in [0, 0.05) is 10.0 Å². The van der Waals surface area contributed by atoms with E-state index in [9.17, 15) is 14.3 Å². The number of halogens is 4. The first kappa shape index (κ1) is 33.7. The quantitative estimate of drug-likeness (QED) is 0.190. The van der Waals surface area contributed by atoms with E-state index in [2.05, 4.69) is 51.1 Å². The summed E-state index contributed by atoms with van der Waals surface area (Å²) in [4.78, 5) is 25.3. The smallest absolute Gasteiger partial charge is 0.267 e. The van der Waals surface area contributed by atoms with E-state index in [1.165, 1.54) is 52.0 Å². The van der Waals surface area contributed by atoms with Crippen molar-refractivity contribution in [2.45, 2.75) is 45.3 Å². The normalized spacial score (nSPS) is 19.1. The lowest BCUT2D eigenvalue weighted by atomic mass is 9.76. The van der Waals surface area contributed by atoms with Gasteiger partial charge in [-0.1, -0.05) is 60.8 Å². The van der Waals surface area contributed by atoms with Crippen LogP contribution in [0, 0.1) is 23.6 Å². The maximum absolute atomic E-state index is 13.6. The molecule has 1 fully saturated rings. The van der Waals surface area contributed by atoms with Crippen LogP contribution in [0.3, 0.4) is 0 Å². The maximum atomic E-state index is 13.6. The van der Waals surface area contributed by atoms with Crippen LogP contribution in [0.15, 0.2) is 90.8 Å². The molecule has 1 saturated carbocycles. The van der Waals surface area contributed by atoms with Gasteiger partial charge in [-0.3, -0.25) is 9.48 Å². The molecule has 0 aliphatic heterocycles. The number of aromatic nitrogens is 8. The molecule has 248 valence electrons. The van der Waals surface area contributed by atoms with Gasteiger partial charge in [-0.25, -0.2) is 23.9 Å². The molecule has 0 radical (unpaired) electrons. The van der Waals surface area contributed by atoms with Crippen molar-refractivity contribution in [3.8, 4) is 11.6 Å². The molecule has 14 heteroatoms. The number of aliphatic hydroxyl groups is 1. The molecule has 0 saturated heterocycles. The predicted octanol–water partition coefficient (Wildman–Crippen LogP) is 7.00.